The van der Waals surface area contributed by atoms with Gasteiger partial charge in [0.2, 0.25) is 0 Å². The molecular weight excluding hydrogens is 185 g/mol. The van der Waals surface area contributed by atoms with Crippen molar-refractivity contribution in [2.75, 3.05) is 0 Å². The van der Waals surface area contributed by atoms with Crippen LogP contribution in [-0.4, -0.2) is 22.0 Å². The quantitative estimate of drug-likeness (QED) is 0.452. The van der Waals surface area contributed by atoms with Crippen LogP contribution in [-0.2, 0) is 4.79 Å². The maximum absolute atomic E-state index is 10.0. The molecule has 0 fully saturated rings. The van der Waals surface area contributed by atoms with Crippen LogP contribution in [0.5, 0.6) is 0 Å². The first kappa shape index (κ1) is 14.7. The number of hydrogen-bond acceptors (Lipinski definition) is 3. The number of carbonyl (C=O) groups excluding carboxylic acids is 1. The normalized spacial score (nSPS) is 7.46. The summed E-state index contributed by atoms with van der Waals surface area (Å²) in [4.78, 5) is 21.5. The molecule has 0 spiro atoms. The minimum absolute atomic E-state index is 0. The Morgan fingerprint density at radius 1 is 1.54 bits per heavy atom. The second-order valence-corrected chi connectivity index (χ2v) is 1.88. The fourth-order valence-electron chi connectivity index (χ4n) is 0.463. The van der Waals surface area contributed by atoms with E-state index in [1.165, 1.54) is 6.07 Å². The molecular formula is C7H8NNaO4. The Balaban J connectivity index is 0. The minimum atomic E-state index is -1.08. The van der Waals surface area contributed by atoms with Gasteiger partial charge in [0.1, 0.15) is 5.69 Å². The Labute approximate surface area is 97.1 Å². The van der Waals surface area contributed by atoms with Crippen molar-refractivity contribution in [1.82, 2.24) is 4.98 Å². The summed E-state index contributed by atoms with van der Waals surface area (Å²) in [5, 5.41) is 17.1. The molecule has 6 heteroatoms. The summed E-state index contributed by atoms with van der Waals surface area (Å²) in [5.74, 6) is -2.00. The summed E-state index contributed by atoms with van der Waals surface area (Å²) in [7, 11) is 0. The number of aromatic carboxylic acids is 1. The van der Waals surface area contributed by atoms with E-state index < -0.39 is 11.9 Å². The average molecular weight is 193 g/mol. The molecule has 0 radical (unpaired) electrons. The number of rotatable bonds is 1. The monoisotopic (exact) mass is 193 g/mol. The Hall–Kier alpha value is -0.780. The van der Waals surface area contributed by atoms with E-state index >= 15 is 0 Å². The molecule has 0 aromatic carbocycles. The Kier molecular flexibility index (Phi) is 8.89. The SMILES string of the molecule is CC(=O)[O-].O=C(O)c1ccc[nH]1.[Na+]. The fourth-order valence-corrected chi connectivity index (χ4v) is 0.463. The van der Waals surface area contributed by atoms with Crippen molar-refractivity contribution in [3.8, 4) is 0 Å². The molecule has 0 aliphatic rings. The van der Waals surface area contributed by atoms with E-state index in [-0.39, 0.29) is 35.3 Å². The predicted octanol–water partition coefficient (Wildman–Crippen LogP) is -3.53. The van der Waals surface area contributed by atoms with E-state index in [0.717, 1.165) is 6.92 Å². The van der Waals surface area contributed by atoms with Crippen LogP contribution in [0.15, 0.2) is 18.3 Å². The van der Waals surface area contributed by atoms with Crippen LogP contribution in [0.1, 0.15) is 17.4 Å². The molecule has 1 heterocycles. The molecule has 1 aromatic heterocycles. The zero-order valence-corrected chi connectivity index (χ0v) is 9.40. The summed E-state index contributed by atoms with van der Waals surface area (Å²) < 4.78 is 0. The number of hydrogen-bond donors (Lipinski definition) is 2. The van der Waals surface area contributed by atoms with Gasteiger partial charge in [0.15, 0.2) is 0 Å². The van der Waals surface area contributed by atoms with Gasteiger partial charge in [0.05, 0.1) is 0 Å². The van der Waals surface area contributed by atoms with Gasteiger partial charge in [-0.25, -0.2) is 4.79 Å². The number of aliphatic carboxylic acids is 1. The molecule has 5 nitrogen and oxygen atoms in total. The second kappa shape index (κ2) is 7.85. The number of nitrogens with one attached hydrogen (secondary N) is 1. The molecule has 0 bridgehead atoms. The largest absolute Gasteiger partial charge is 1.00 e. The first-order valence-electron chi connectivity index (χ1n) is 3.08. The molecule has 0 amide bonds. The van der Waals surface area contributed by atoms with E-state index in [2.05, 4.69) is 4.98 Å². The van der Waals surface area contributed by atoms with E-state index in [4.69, 9.17) is 15.0 Å². The Bertz CT molecular complexity index is 253. The summed E-state index contributed by atoms with van der Waals surface area (Å²) in [6, 6.07) is 3.14. The summed E-state index contributed by atoms with van der Waals surface area (Å²) >= 11 is 0. The predicted molar refractivity (Wildman–Crippen MR) is 38.4 cm³/mol. The summed E-state index contributed by atoms with van der Waals surface area (Å²) in [5.41, 5.74) is 0.227. The van der Waals surface area contributed by atoms with Gasteiger partial charge in [-0.1, -0.05) is 0 Å². The van der Waals surface area contributed by atoms with Gasteiger partial charge in [-0.15, -0.1) is 0 Å². The van der Waals surface area contributed by atoms with Gasteiger partial charge in [-0.05, 0) is 19.1 Å². The van der Waals surface area contributed by atoms with Crippen LogP contribution >= 0.6 is 0 Å². The van der Waals surface area contributed by atoms with E-state index in [1.807, 2.05) is 0 Å². The van der Waals surface area contributed by atoms with E-state index in [9.17, 15) is 4.79 Å². The van der Waals surface area contributed by atoms with Gasteiger partial charge in [0.25, 0.3) is 0 Å². The van der Waals surface area contributed by atoms with Crippen LogP contribution in [0.2, 0.25) is 0 Å². The maximum Gasteiger partial charge on any atom is 1.00 e. The van der Waals surface area contributed by atoms with Crippen molar-refractivity contribution < 1.29 is 49.4 Å². The van der Waals surface area contributed by atoms with E-state index in [0.29, 0.717) is 0 Å². The van der Waals surface area contributed by atoms with Gasteiger partial charge in [-0.2, -0.15) is 0 Å². The number of carboxylic acids is 2. The molecule has 0 unspecified atom stereocenters. The first-order chi connectivity index (χ1) is 5.54. The van der Waals surface area contributed by atoms with Crippen LogP contribution < -0.4 is 34.7 Å². The maximum atomic E-state index is 10.0. The standard InChI is InChI=1S/C5H5NO2.C2H4O2.Na/c7-5(8)4-2-1-3-6-4;1-2(3)4;/h1-3,6H,(H,7,8);1H3,(H,3,4);/q;;+1/p-1. The van der Waals surface area contributed by atoms with Crippen LogP contribution in [0.3, 0.4) is 0 Å². The topological polar surface area (TPSA) is 93.2 Å². The van der Waals surface area contributed by atoms with Gasteiger partial charge in [-0.3, -0.25) is 0 Å². The first-order valence-corrected chi connectivity index (χ1v) is 3.08. The van der Waals surface area contributed by atoms with Crippen molar-refractivity contribution in [2.45, 2.75) is 6.92 Å². The van der Waals surface area contributed by atoms with Crippen LogP contribution in [0, 0.1) is 0 Å². The van der Waals surface area contributed by atoms with Crippen LogP contribution in [0.25, 0.3) is 0 Å². The Morgan fingerprint density at radius 3 is 2.15 bits per heavy atom. The zero-order chi connectivity index (χ0) is 9.56. The molecule has 0 atom stereocenters. The average Bonchev–Trinajstić information content (AvgIpc) is 2.34. The molecule has 2 N–H and O–H groups in total. The summed E-state index contributed by atoms with van der Waals surface area (Å²) in [6.07, 6.45) is 1.57. The van der Waals surface area contributed by atoms with Crippen molar-refractivity contribution in [1.29, 1.82) is 0 Å². The van der Waals surface area contributed by atoms with Gasteiger partial charge >= 0.3 is 35.5 Å². The summed E-state index contributed by atoms with van der Waals surface area (Å²) in [6.45, 7) is 0.972. The molecule has 0 saturated heterocycles. The number of H-pyrrole nitrogens is 1. The number of carbonyl (C=O) groups is 2. The molecule has 66 valence electrons. The molecule has 0 aliphatic carbocycles. The van der Waals surface area contributed by atoms with Crippen molar-refractivity contribution in [3.63, 3.8) is 0 Å². The third kappa shape index (κ3) is 9.13. The molecule has 0 saturated carbocycles. The van der Waals surface area contributed by atoms with E-state index in [1.54, 1.807) is 12.3 Å². The second-order valence-electron chi connectivity index (χ2n) is 1.88. The third-order valence-corrected chi connectivity index (χ3v) is 0.828. The number of carboxylic acid groups (broad SMARTS) is 2. The number of aromatic nitrogens is 1. The molecule has 1 aromatic rings. The molecule has 0 aliphatic heterocycles. The smallest absolute Gasteiger partial charge is 0.550 e. The fraction of sp³-hybridized carbons (Fsp3) is 0.143. The van der Waals surface area contributed by atoms with Crippen molar-refractivity contribution in [2.24, 2.45) is 0 Å². The van der Waals surface area contributed by atoms with Gasteiger partial charge in [0, 0.05) is 12.2 Å². The van der Waals surface area contributed by atoms with Crippen LogP contribution in [0.4, 0.5) is 0 Å². The molecule has 13 heavy (non-hydrogen) atoms. The number of aromatic amines is 1. The minimum Gasteiger partial charge on any atom is -0.550 e. The zero-order valence-electron chi connectivity index (χ0n) is 7.40. The third-order valence-electron chi connectivity index (χ3n) is 0.828. The van der Waals surface area contributed by atoms with Crippen molar-refractivity contribution in [3.05, 3.63) is 24.0 Å². The molecule has 1 rings (SSSR count). The van der Waals surface area contributed by atoms with Gasteiger partial charge < -0.3 is 20.0 Å². The van der Waals surface area contributed by atoms with Crippen molar-refractivity contribution >= 4 is 11.9 Å². The Morgan fingerprint density at radius 2 is 2.00 bits per heavy atom.